The largest absolute Gasteiger partial charge is 0.396 e. The van der Waals surface area contributed by atoms with E-state index in [4.69, 9.17) is 5.11 Å². The van der Waals surface area contributed by atoms with Crippen LogP contribution in [-0.4, -0.2) is 40.0 Å². The fraction of sp³-hybridized carbons (Fsp3) is 0.750. The van der Waals surface area contributed by atoms with Crippen LogP contribution in [0.2, 0.25) is 0 Å². The molecule has 1 fully saturated rings. The van der Waals surface area contributed by atoms with Gasteiger partial charge in [0.05, 0.1) is 11.7 Å². The normalized spacial score (nSPS) is 22.6. The van der Waals surface area contributed by atoms with Crippen LogP contribution in [0.4, 0.5) is 0 Å². The van der Waals surface area contributed by atoms with Crippen molar-refractivity contribution in [3.63, 3.8) is 0 Å². The fourth-order valence-electron chi connectivity index (χ4n) is 2.49. The molecule has 1 aromatic heterocycles. The first-order valence-electron chi connectivity index (χ1n) is 6.06. The number of piperidine rings is 1. The molecule has 90 valence electrons. The third kappa shape index (κ3) is 2.28. The van der Waals surface area contributed by atoms with Crippen LogP contribution < -0.4 is 0 Å². The van der Waals surface area contributed by atoms with Crippen molar-refractivity contribution in [1.82, 2.24) is 14.7 Å². The molecule has 1 aliphatic heterocycles. The topological polar surface area (TPSA) is 41.3 Å². The van der Waals surface area contributed by atoms with Gasteiger partial charge in [0.25, 0.3) is 0 Å². The molecule has 2 rings (SSSR count). The number of likely N-dealkylation sites (tertiary alicyclic amines) is 1. The van der Waals surface area contributed by atoms with Crippen LogP contribution in [0.25, 0.3) is 0 Å². The minimum Gasteiger partial charge on any atom is -0.396 e. The van der Waals surface area contributed by atoms with E-state index in [0.717, 1.165) is 17.9 Å². The number of aromatic nitrogens is 2. The van der Waals surface area contributed by atoms with Crippen molar-refractivity contribution < 1.29 is 5.11 Å². The molecule has 2 heterocycles. The van der Waals surface area contributed by atoms with E-state index >= 15 is 0 Å². The Morgan fingerprint density at radius 2 is 2.25 bits per heavy atom. The number of aryl methyl sites for hydroxylation is 1. The Labute approximate surface area is 96.9 Å². The molecule has 1 aromatic rings. The predicted molar refractivity (Wildman–Crippen MR) is 63.2 cm³/mol. The van der Waals surface area contributed by atoms with E-state index < -0.39 is 0 Å². The Balaban J connectivity index is 2.16. The number of hydrogen-bond acceptors (Lipinski definition) is 3. The summed E-state index contributed by atoms with van der Waals surface area (Å²) in [5, 5.41) is 13.5. The molecule has 1 saturated heterocycles. The molecule has 0 amide bonds. The van der Waals surface area contributed by atoms with E-state index in [2.05, 4.69) is 23.1 Å². The quantitative estimate of drug-likeness (QED) is 0.834. The third-order valence-electron chi connectivity index (χ3n) is 3.48. The first kappa shape index (κ1) is 11.6. The zero-order valence-electron chi connectivity index (χ0n) is 10.2. The predicted octanol–water partition coefficient (Wildman–Crippen LogP) is 1.11. The zero-order chi connectivity index (χ0) is 11.5. The number of aliphatic hydroxyl groups excluding tert-OH is 1. The van der Waals surface area contributed by atoms with Gasteiger partial charge in [0.15, 0.2) is 0 Å². The van der Waals surface area contributed by atoms with Crippen molar-refractivity contribution in [2.45, 2.75) is 31.7 Å². The van der Waals surface area contributed by atoms with Gasteiger partial charge in [-0.2, -0.15) is 5.10 Å². The lowest BCUT2D eigenvalue weighted by Gasteiger charge is -2.31. The first-order chi connectivity index (χ1) is 7.72. The van der Waals surface area contributed by atoms with Gasteiger partial charge in [-0.15, -0.1) is 0 Å². The number of rotatable bonds is 3. The molecule has 0 aliphatic carbocycles. The van der Waals surface area contributed by atoms with Crippen molar-refractivity contribution in [3.05, 3.63) is 17.5 Å². The Kier molecular flexibility index (Phi) is 3.61. The maximum absolute atomic E-state index is 8.96. The Hall–Kier alpha value is -0.870. The SMILES string of the molecule is CN1CCCCC1c1cc(CCO)n(C)n1. The Morgan fingerprint density at radius 1 is 1.44 bits per heavy atom. The van der Waals surface area contributed by atoms with E-state index in [9.17, 15) is 0 Å². The molecule has 1 unspecified atom stereocenters. The number of hydrogen-bond donors (Lipinski definition) is 1. The average Bonchev–Trinajstić information content (AvgIpc) is 2.61. The summed E-state index contributed by atoms with van der Waals surface area (Å²) in [5.41, 5.74) is 2.28. The Bertz CT molecular complexity index is 348. The molecule has 16 heavy (non-hydrogen) atoms. The van der Waals surface area contributed by atoms with Gasteiger partial charge in [-0.1, -0.05) is 6.42 Å². The maximum atomic E-state index is 8.96. The van der Waals surface area contributed by atoms with Crippen molar-refractivity contribution in [3.8, 4) is 0 Å². The van der Waals surface area contributed by atoms with Crippen LogP contribution in [-0.2, 0) is 13.5 Å². The second-order valence-electron chi connectivity index (χ2n) is 4.65. The lowest BCUT2D eigenvalue weighted by atomic mass is 10.00. The van der Waals surface area contributed by atoms with Gasteiger partial charge in [0, 0.05) is 25.8 Å². The van der Waals surface area contributed by atoms with E-state index in [-0.39, 0.29) is 6.61 Å². The summed E-state index contributed by atoms with van der Waals surface area (Å²) in [5.74, 6) is 0. The van der Waals surface area contributed by atoms with Crippen LogP contribution in [0, 0.1) is 0 Å². The lowest BCUT2D eigenvalue weighted by molar-refractivity contribution is 0.183. The molecule has 1 atom stereocenters. The number of aliphatic hydroxyl groups is 1. The van der Waals surface area contributed by atoms with Gasteiger partial charge in [-0.05, 0) is 32.5 Å². The Morgan fingerprint density at radius 3 is 2.94 bits per heavy atom. The molecule has 0 saturated carbocycles. The van der Waals surface area contributed by atoms with Crippen LogP contribution >= 0.6 is 0 Å². The summed E-state index contributed by atoms with van der Waals surface area (Å²) in [6.45, 7) is 1.36. The summed E-state index contributed by atoms with van der Waals surface area (Å²) >= 11 is 0. The maximum Gasteiger partial charge on any atom is 0.0798 e. The fourth-order valence-corrected chi connectivity index (χ4v) is 2.49. The van der Waals surface area contributed by atoms with Crippen molar-refractivity contribution in [2.24, 2.45) is 7.05 Å². The summed E-state index contributed by atoms with van der Waals surface area (Å²) < 4.78 is 1.90. The average molecular weight is 223 g/mol. The highest BCUT2D eigenvalue weighted by atomic mass is 16.3. The smallest absolute Gasteiger partial charge is 0.0798 e. The van der Waals surface area contributed by atoms with Crippen LogP contribution in [0.3, 0.4) is 0 Å². The van der Waals surface area contributed by atoms with Gasteiger partial charge < -0.3 is 5.11 Å². The second kappa shape index (κ2) is 4.97. The summed E-state index contributed by atoms with van der Waals surface area (Å²) in [6, 6.07) is 2.61. The monoisotopic (exact) mass is 223 g/mol. The summed E-state index contributed by atoms with van der Waals surface area (Å²) in [7, 11) is 4.13. The van der Waals surface area contributed by atoms with Crippen molar-refractivity contribution in [2.75, 3.05) is 20.2 Å². The molecular weight excluding hydrogens is 202 g/mol. The summed E-state index contributed by atoms with van der Waals surface area (Å²) in [4.78, 5) is 2.38. The molecule has 1 aliphatic rings. The molecule has 0 spiro atoms. The van der Waals surface area contributed by atoms with Crippen LogP contribution in [0.1, 0.15) is 36.7 Å². The molecule has 4 heteroatoms. The van der Waals surface area contributed by atoms with E-state index in [1.54, 1.807) is 0 Å². The van der Waals surface area contributed by atoms with Crippen molar-refractivity contribution >= 4 is 0 Å². The van der Waals surface area contributed by atoms with Gasteiger partial charge >= 0.3 is 0 Å². The minimum absolute atomic E-state index is 0.194. The molecule has 1 N–H and O–H groups in total. The van der Waals surface area contributed by atoms with E-state index in [1.807, 2.05) is 11.7 Å². The molecule has 0 aromatic carbocycles. The molecule has 4 nitrogen and oxygen atoms in total. The highest BCUT2D eigenvalue weighted by molar-refractivity contribution is 5.14. The van der Waals surface area contributed by atoms with E-state index in [0.29, 0.717) is 12.5 Å². The second-order valence-corrected chi connectivity index (χ2v) is 4.65. The van der Waals surface area contributed by atoms with Crippen LogP contribution in [0.15, 0.2) is 6.07 Å². The van der Waals surface area contributed by atoms with Gasteiger partial charge in [0.2, 0.25) is 0 Å². The number of nitrogens with zero attached hydrogens (tertiary/aromatic N) is 3. The lowest BCUT2D eigenvalue weighted by Crippen LogP contribution is -2.29. The van der Waals surface area contributed by atoms with Gasteiger partial charge in [0.1, 0.15) is 0 Å². The highest BCUT2D eigenvalue weighted by Crippen LogP contribution is 2.28. The highest BCUT2D eigenvalue weighted by Gasteiger charge is 2.23. The standard InChI is InChI=1S/C12H21N3O/c1-14-7-4-3-5-12(14)11-9-10(6-8-16)15(2)13-11/h9,12,16H,3-8H2,1-2H3. The van der Waals surface area contributed by atoms with E-state index in [1.165, 1.54) is 19.3 Å². The molecule has 0 bridgehead atoms. The minimum atomic E-state index is 0.194. The van der Waals surface area contributed by atoms with Gasteiger partial charge in [-0.3, -0.25) is 9.58 Å². The first-order valence-corrected chi connectivity index (χ1v) is 6.06. The molecule has 0 radical (unpaired) electrons. The van der Waals surface area contributed by atoms with Crippen molar-refractivity contribution in [1.29, 1.82) is 0 Å². The third-order valence-corrected chi connectivity index (χ3v) is 3.48. The van der Waals surface area contributed by atoms with Gasteiger partial charge in [-0.25, -0.2) is 0 Å². The molecular formula is C12H21N3O. The van der Waals surface area contributed by atoms with Crippen LogP contribution in [0.5, 0.6) is 0 Å². The summed E-state index contributed by atoms with van der Waals surface area (Å²) in [6.07, 6.45) is 4.48. The zero-order valence-corrected chi connectivity index (χ0v) is 10.2.